The van der Waals surface area contributed by atoms with E-state index in [1.165, 1.54) is 11.1 Å². The van der Waals surface area contributed by atoms with Crippen molar-refractivity contribution in [3.8, 4) is 0 Å². The number of rotatable bonds is 2. The van der Waals surface area contributed by atoms with E-state index in [2.05, 4.69) is 52.7 Å². The molecule has 4 rings (SSSR count). The van der Waals surface area contributed by atoms with Crippen molar-refractivity contribution in [2.24, 2.45) is 0 Å². The number of anilines is 1. The van der Waals surface area contributed by atoms with Crippen molar-refractivity contribution in [1.29, 1.82) is 0 Å². The number of hydrogen-bond donors (Lipinski definition) is 1. The smallest absolute Gasteiger partial charge is 0.222 e. The zero-order valence-electron chi connectivity index (χ0n) is 12.8. The summed E-state index contributed by atoms with van der Waals surface area (Å²) in [5.41, 5.74) is 3.59. The molecule has 2 atom stereocenters. The molecule has 0 unspecified atom stereocenters. The number of aromatic nitrogens is 3. The molecule has 0 spiro atoms. The van der Waals surface area contributed by atoms with Gasteiger partial charge in [0.15, 0.2) is 0 Å². The van der Waals surface area contributed by atoms with E-state index in [1.54, 1.807) is 6.33 Å². The molecule has 2 heterocycles. The highest BCUT2D eigenvalue weighted by atomic mass is 35.5. The van der Waals surface area contributed by atoms with Gasteiger partial charge in [-0.25, -0.2) is 4.68 Å². The van der Waals surface area contributed by atoms with E-state index in [0.29, 0.717) is 0 Å². The number of nitrogens with one attached hydrogen (secondary N) is 1. The number of benzene rings is 2. The Hall–Kier alpha value is -2.33. The molecule has 0 radical (unpaired) electrons. The quantitative estimate of drug-likeness (QED) is 0.760. The second-order valence-corrected chi connectivity index (χ2v) is 6.32. The molecule has 0 saturated heterocycles. The minimum Gasteiger partial charge on any atom is -0.348 e. The predicted molar refractivity (Wildman–Crippen MR) is 91.8 cm³/mol. The van der Waals surface area contributed by atoms with Gasteiger partial charge in [-0.3, -0.25) is 0 Å². The molecule has 0 aliphatic carbocycles. The fraction of sp³-hybridized carbons (Fsp3) is 0.222. The highest BCUT2D eigenvalue weighted by molar-refractivity contribution is 6.31. The van der Waals surface area contributed by atoms with Gasteiger partial charge < -0.3 is 5.32 Å². The largest absolute Gasteiger partial charge is 0.348 e. The normalized spacial score (nSPS) is 19.9. The molecule has 1 aliphatic rings. The Morgan fingerprint density at radius 1 is 1.13 bits per heavy atom. The van der Waals surface area contributed by atoms with Gasteiger partial charge >= 0.3 is 0 Å². The second kappa shape index (κ2) is 5.70. The van der Waals surface area contributed by atoms with E-state index in [9.17, 15) is 0 Å². The first kappa shape index (κ1) is 14.3. The Morgan fingerprint density at radius 3 is 2.70 bits per heavy atom. The lowest BCUT2D eigenvalue weighted by Gasteiger charge is -2.32. The lowest BCUT2D eigenvalue weighted by Crippen LogP contribution is -2.28. The first-order chi connectivity index (χ1) is 11.2. The van der Waals surface area contributed by atoms with Crippen LogP contribution in [0.1, 0.15) is 35.2 Å². The van der Waals surface area contributed by atoms with Crippen molar-refractivity contribution >= 4 is 17.5 Å². The van der Waals surface area contributed by atoms with Crippen molar-refractivity contribution in [3.05, 3.63) is 76.6 Å². The van der Waals surface area contributed by atoms with Gasteiger partial charge in [0.2, 0.25) is 5.95 Å². The van der Waals surface area contributed by atoms with E-state index in [-0.39, 0.29) is 12.1 Å². The van der Waals surface area contributed by atoms with Gasteiger partial charge in [-0.1, -0.05) is 59.6 Å². The number of nitrogens with zero attached hydrogens (tertiary/aromatic N) is 3. The molecule has 2 aromatic carbocycles. The number of aryl methyl sites for hydroxylation is 1. The lowest BCUT2D eigenvalue weighted by atomic mass is 9.93. The fourth-order valence-corrected chi connectivity index (χ4v) is 3.40. The number of hydrogen-bond acceptors (Lipinski definition) is 3. The SMILES string of the molecule is Cc1ccc([C@@H]2C[C@H](c3ccccc3Cl)n3ncnc3N2)cc1. The summed E-state index contributed by atoms with van der Waals surface area (Å²) >= 11 is 6.42. The molecule has 116 valence electrons. The molecule has 5 heteroatoms. The van der Waals surface area contributed by atoms with Crippen molar-refractivity contribution in [1.82, 2.24) is 14.8 Å². The molecule has 4 nitrogen and oxygen atoms in total. The maximum atomic E-state index is 6.42. The monoisotopic (exact) mass is 324 g/mol. The van der Waals surface area contributed by atoms with Crippen LogP contribution >= 0.6 is 11.6 Å². The first-order valence-corrected chi connectivity index (χ1v) is 8.07. The third-order valence-electron chi connectivity index (χ3n) is 4.37. The Kier molecular flexibility index (Phi) is 3.54. The Morgan fingerprint density at radius 2 is 1.91 bits per heavy atom. The van der Waals surface area contributed by atoms with Crippen molar-refractivity contribution in [2.45, 2.75) is 25.4 Å². The van der Waals surface area contributed by atoms with Crippen molar-refractivity contribution < 1.29 is 0 Å². The lowest BCUT2D eigenvalue weighted by molar-refractivity contribution is 0.431. The van der Waals surface area contributed by atoms with E-state index in [4.69, 9.17) is 11.6 Å². The van der Waals surface area contributed by atoms with Crippen LogP contribution in [0.5, 0.6) is 0 Å². The molecule has 0 amide bonds. The maximum absolute atomic E-state index is 6.42. The molecule has 0 fully saturated rings. The Labute approximate surface area is 140 Å². The summed E-state index contributed by atoms with van der Waals surface area (Å²) in [6, 6.07) is 16.8. The zero-order chi connectivity index (χ0) is 15.8. The topological polar surface area (TPSA) is 42.7 Å². The summed E-state index contributed by atoms with van der Waals surface area (Å²) in [4.78, 5) is 4.35. The predicted octanol–water partition coefficient (Wildman–Crippen LogP) is 4.39. The first-order valence-electron chi connectivity index (χ1n) is 7.69. The summed E-state index contributed by atoms with van der Waals surface area (Å²) in [7, 11) is 0. The minimum absolute atomic E-state index is 0.0775. The molecule has 1 aliphatic heterocycles. The summed E-state index contributed by atoms with van der Waals surface area (Å²) < 4.78 is 1.92. The second-order valence-electron chi connectivity index (χ2n) is 5.91. The molecule has 23 heavy (non-hydrogen) atoms. The van der Waals surface area contributed by atoms with Crippen LogP contribution in [0.25, 0.3) is 0 Å². The van der Waals surface area contributed by atoms with Crippen LogP contribution in [0.3, 0.4) is 0 Å². The van der Waals surface area contributed by atoms with Gasteiger partial charge in [-0.05, 0) is 30.5 Å². The molecule has 1 aromatic heterocycles. The standard InChI is InChI=1S/C18H17ClN4/c1-12-6-8-13(9-7-12)16-10-17(14-4-2-3-5-15(14)19)23-18(22-16)20-11-21-23/h2-9,11,16-17H,10H2,1H3,(H,20,21,22)/t16-,17+/m0/s1. The van der Waals surface area contributed by atoms with Crippen LogP contribution in [-0.2, 0) is 0 Å². The summed E-state index contributed by atoms with van der Waals surface area (Å²) in [5.74, 6) is 0.784. The molecule has 3 aromatic rings. The van der Waals surface area contributed by atoms with E-state index in [1.807, 2.05) is 22.9 Å². The maximum Gasteiger partial charge on any atom is 0.222 e. The molecule has 1 N–H and O–H groups in total. The van der Waals surface area contributed by atoms with Gasteiger partial charge in [0.25, 0.3) is 0 Å². The van der Waals surface area contributed by atoms with Crippen LogP contribution in [0.4, 0.5) is 5.95 Å². The van der Waals surface area contributed by atoms with Gasteiger partial charge in [0.1, 0.15) is 6.33 Å². The summed E-state index contributed by atoms with van der Waals surface area (Å²) in [5, 5.41) is 8.63. The van der Waals surface area contributed by atoms with Crippen LogP contribution in [0.15, 0.2) is 54.9 Å². The molecule has 0 saturated carbocycles. The summed E-state index contributed by atoms with van der Waals surface area (Å²) in [6.07, 6.45) is 2.47. The van der Waals surface area contributed by atoms with E-state index in [0.717, 1.165) is 23.0 Å². The molecular formula is C18H17ClN4. The van der Waals surface area contributed by atoms with Crippen LogP contribution in [0.2, 0.25) is 5.02 Å². The Balaban J connectivity index is 1.75. The van der Waals surface area contributed by atoms with Gasteiger partial charge in [0.05, 0.1) is 12.1 Å². The fourth-order valence-electron chi connectivity index (χ4n) is 3.14. The third kappa shape index (κ3) is 2.59. The van der Waals surface area contributed by atoms with E-state index >= 15 is 0 Å². The van der Waals surface area contributed by atoms with Crippen LogP contribution in [0, 0.1) is 6.92 Å². The van der Waals surface area contributed by atoms with Crippen molar-refractivity contribution in [3.63, 3.8) is 0 Å². The van der Waals surface area contributed by atoms with Crippen LogP contribution < -0.4 is 5.32 Å². The van der Waals surface area contributed by atoms with Crippen LogP contribution in [-0.4, -0.2) is 14.8 Å². The van der Waals surface area contributed by atoms with Gasteiger partial charge in [-0.15, -0.1) is 0 Å². The molecule has 0 bridgehead atoms. The highest BCUT2D eigenvalue weighted by Crippen LogP contribution is 2.39. The highest BCUT2D eigenvalue weighted by Gasteiger charge is 2.30. The number of halogens is 1. The zero-order valence-corrected chi connectivity index (χ0v) is 13.5. The van der Waals surface area contributed by atoms with Gasteiger partial charge in [-0.2, -0.15) is 10.1 Å². The summed E-state index contributed by atoms with van der Waals surface area (Å²) in [6.45, 7) is 2.10. The average Bonchev–Trinajstić information content (AvgIpc) is 3.04. The van der Waals surface area contributed by atoms with E-state index < -0.39 is 0 Å². The Bertz CT molecular complexity index is 825. The van der Waals surface area contributed by atoms with Gasteiger partial charge in [0, 0.05) is 5.02 Å². The third-order valence-corrected chi connectivity index (χ3v) is 4.72. The number of fused-ring (bicyclic) bond motifs is 1. The van der Waals surface area contributed by atoms with Crippen molar-refractivity contribution in [2.75, 3.05) is 5.32 Å². The molecular weight excluding hydrogens is 308 g/mol. The minimum atomic E-state index is 0.0775. The average molecular weight is 325 g/mol.